The third kappa shape index (κ3) is 3.51. The maximum atomic E-state index is 2.89. The second-order valence-corrected chi connectivity index (χ2v) is 11.1. The van der Waals surface area contributed by atoms with Gasteiger partial charge in [-0.3, -0.25) is 4.67 Å². The van der Waals surface area contributed by atoms with Gasteiger partial charge >= 0.3 is 0 Å². The van der Waals surface area contributed by atoms with E-state index >= 15 is 0 Å². The van der Waals surface area contributed by atoms with Crippen LogP contribution in [0.1, 0.15) is 41.4 Å². The highest BCUT2D eigenvalue weighted by Crippen LogP contribution is 2.56. The molecule has 1 unspecified atom stereocenters. The summed E-state index contributed by atoms with van der Waals surface area (Å²) in [6, 6.07) is 43.4. The van der Waals surface area contributed by atoms with Crippen molar-refractivity contribution in [2.24, 2.45) is 0 Å². The summed E-state index contributed by atoms with van der Waals surface area (Å²) in [5, 5.41) is 3.01. The van der Waals surface area contributed by atoms with Crippen molar-refractivity contribution in [1.82, 2.24) is 4.67 Å². The van der Waals surface area contributed by atoms with Gasteiger partial charge in [0.2, 0.25) is 0 Å². The second kappa shape index (κ2) is 8.66. The standard InChI is InChI=1S/C30H28NP/c1-4-12-23(13-5-1)27-20-21-28(24-14-6-2-7-15-24)30(27)31-22-25-16-10-11-19-29(25)32(31)26-17-8-3-9-18-26/h1-19,27-28,30H,20-22H2/t27-,28-,32?/m0/s1. The zero-order chi connectivity index (χ0) is 21.3. The first-order valence-electron chi connectivity index (χ1n) is 11.7. The Kier molecular flexibility index (Phi) is 5.39. The maximum Gasteiger partial charge on any atom is 0.0290 e. The summed E-state index contributed by atoms with van der Waals surface area (Å²) < 4.78 is 2.89. The van der Waals surface area contributed by atoms with E-state index in [9.17, 15) is 0 Å². The number of hydrogen-bond acceptors (Lipinski definition) is 1. The first kappa shape index (κ1) is 19.9. The Morgan fingerprint density at radius 1 is 0.562 bits per heavy atom. The SMILES string of the molecule is c1ccc([C@@H]2CC[C@@H](c3ccccc3)C2N2Cc3ccccc3P2c2ccccc2)cc1. The average Bonchev–Trinajstić information content (AvgIpc) is 3.47. The maximum absolute atomic E-state index is 2.89. The van der Waals surface area contributed by atoms with E-state index in [-0.39, 0.29) is 0 Å². The molecule has 32 heavy (non-hydrogen) atoms. The minimum Gasteiger partial charge on any atom is -0.266 e. The van der Waals surface area contributed by atoms with Crippen molar-refractivity contribution in [3.63, 3.8) is 0 Å². The molecule has 0 spiro atoms. The van der Waals surface area contributed by atoms with Crippen LogP contribution in [0.3, 0.4) is 0 Å². The normalized spacial score (nSPS) is 23.3. The molecule has 1 heterocycles. The fraction of sp³-hybridized carbons (Fsp3) is 0.200. The monoisotopic (exact) mass is 433 g/mol. The van der Waals surface area contributed by atoms with Crippen molar-refractivity contribution < 1.29 is 0 Å². The summed E-state index contributed by atoms with van der Waals surface area (Å²) in [6.07, 6.45) is 2.50. The van der Waals surface area contributed by atoms with Gasteiger partial charge in [-0.1, -0.05) is 115 Å². The molecule has 0 N–H and O–H groups in total. The van der Waals surface area contributed by atoms with Gasteiger partial charge in [0.1, 0.15) is 0 Å². The van der Waals surface area contributed by atoms with Gasteiger partial charge in [0.25, 0.3) is 0 Å². The van der Waals surface area contributed by atoms with Gasteiger partial charge in [0.05, 0.1) is 0 Å². The lowest BCUT2D eigenvalue weighted by Crippen LogP contribution is -2.37. The predicted octanol–water partition coefficient (Wildman–Crippen LogP) is 6.58. The molecular formula is C30H28NP. The summed E-state index contributed by atoms with van der Waals surface area (Å²) >= 11 is 0. The van der Waals surface area contributed by atoms with Crippen LogP contribution in [0, 0.1) is 0 Å². The number of benzene rings is 4. The summed E-state index contributed by atoms with van der Waals surface area (Å²) in [5.41, 5.74) is 4.50. The Labute approximate surface area is 192 Å². The Morgan fingerprint density at radius 3 is 1.66 bits per heavy atom. The van der Waals surface area contributed by atoms with E-state index in [0.29, 0.717) is 17.9 Å². The quantitative estimate of drug-likeness (QED) is 0.329. The van der Waals surface area contributed by atoms with Gasteiger partial charge in [0.15, 0.2) is 0 Å². The molecule has 0 amide bonds. The lowest BCUT2D eigenvalue weighted by molar-refractivity contribution is 0.300. The van der Waals surface area contributed by atoms with E-state index in [1.807, 2.05) is 0 Å². The van der Waals surface area contributed by atoms with E-state index in [1.165, 1.54) is 34.8 Å². The molecule has 1 nitrogen and oxygen atoms in total. The van der Waals surface area contributed by atoms with Crippen LogP contribution in [-0.2, 0) is 6.54 Å². The number of hydrogen-bond donors (Lipinski definition) is 0. The third-order valence-corrected chi connectivity index (χ3v) is 9.82. The zero-order valence-corrected chi connectivity index (χ0v) is 19.1. The summed E-state index contributed by atoms with van der Waals surface area (Å²) in [4.78, 5) is 0. The highest BCUT2D eigenvalue weighted by Gasteiger charge is 2.46. The summed E-state index contributed by atoms with van der Waals surface area (Å²) in [7, 11) is -0.531. The van der Waals surface area contributed by atoms with Crippen molar-refractivity contribution in [3.05, 3.63) is 132 Å². The second-order valence-electron chi connectivity index (χ2n) is 8.98. The fourth-order valence-electron chi connectivity index (χ4n) is 5.85. The zero-order valence-electron chi connectivity index (χ0n) is 18.2. The van der Waals surface area contributed by atoms with Crippen LogP contribution < -0.4 is 10.6 Å². The molecule has 0 radical (unpaired) electrons. The molecule has 4 aromatic rings. The van der Waals surface area contributed by atoms with E-state index < -0.39 is 8.07 Å². The highest BCUT2D eigenvalue weighted by atomic mass is 31.1. The first-order valence-corrected chi connectivity index (χ1v) is 13.0. The Bertz CT molecular complexity index is 1130. The molecule has 0 aromatic heterocycles. The van der Waals surface area contributed by atoms with E-state index in [2.05, 4.69) is 120 Å². The molecule has 1 saturated carbocycles. The van der Waals surface area contributed by atoms with Crippen LogP contribution in [0.2, 0.25) is 0 Å². The van der Waals surface area contributed by atoms with Gasteiger partial charge in [-0.2, -0.15) is 0 Å². The molecule has 158 valence electrons. The lowest BCUT2D eigenvalue weighted by atomic mass is 9.87. The van der Waals surface area contributed by atoms with Crippen LogP contribution in [-0.4, -0.2) is 10.7 Å². The minimum absolute atomic E-state index is 0.499. The third-order valence-electron chi connectivity index (χ3n) is 7.22. The van der Waals surface area contributed by atoms with Crippen molar-refractivity contribution in [1.29, 1.82) is 0 Å². The van der Waals surface area contributed by atoms with Crippen LogP contribution >= 0.6 is 8.07 Å². The van der Waals surface area contributed by atoms with Crippen molar-refractivity contribution in [2.45, 2.75) is 37.3 Å². The van der Waals surface area contributed by atoms with Crippen molar-refractivity contribution in [2.75, 3.05) is 0 Å². The molecular weight excluding hydrogens is 405 g/mol. The molecule has 0 bridgehead atoms. The Morgan fingerprint density at radius 2 is 1.06 bits per heavy atom. The van der Waals surface area contributed by atoms with Crippen LogP contribution in [0.5, 0.6) is 0 Å². The molecule has 2 aliphatic rings. The van der Waals surface area contributed by atoms with E-state index in [0.717, 1.165) is 6.54 Å². The Balaban J connectivity index is 1.48. The molecule has 1 fully saturated rings. The first-order chi connectivity index (χ1) is 15.9. The molecule has 6 rings (SSSR count). The smallest absolute Gasteiger partial charge is 0.0290 e. The summed E-state index contributed by atoms with van der Waals surface area (Å²) in [5.74, 6) is 1.12. The minimum atomic E-state index is -0.531. The summed E-state index contributed by atoms with van der Waals surface area (Å²) in [6.45, 7) is 1.05. The van der Waals surface area contributed by atoms with Crippen molar-refractivity contribution in [3.8, 4) is 0 Å². The average molecular weight is 434 g/mol. The fourth-order valence-corrected chi connectivity index (χ4v) is 8.69. The molecule has 2 heteroatoms. The molecule has 1 aliphatic heterocycles. The topological polar surface area (TPSA) is 3.24 Å². The van der Waals surface area contributed by atoms with Crippen LogP contribution in [0.25, 0.3) is 0 Å². The van der Waals surface area contributed by atoms with Crippen molar-refractivity contribution >= 4 is 18.7 Å². The molecule has 4 aromatic carbocycles. The molecule has 1 aliphatic carbocycles. The van der Waals surface area contributed by atoms with Gasteiger partial charge in [-0.05, 0) is 40.1 Å². The number of nitrogens with zero attached hydrogens (tertiary/aromatic N) is 1. The number of rotatable bonds is 4. The van der Waals surface area contributed by atoms with E-state index in [4.69, 9.17) is 0 Å². The predicted molar refractivity (Wildman–Crippen MR) is 136 cm³/mol. The number of fused-ring (bicyclic) bond motifs is 1. The van der Waals surface area contributed by atoms with Gasteiger partial charge in [-0.25, -0.2) is 0 Å². The highest BCUT2D eigenvalue weighted by molar-refractivity contribution is 7.71. The largest absolute Gasteiger partial charge is 0.266 e. The van der Waals surface area contributed by atoms with E-state index in [1.54, 1.807) is 5.30 Å². The molecule has 0 saturated heterocycles. The lowest BCUT2D eigenvalue weighted by Gasteiger charge is -2.38. The van der Waals surface area contributed by atoms with Gasteiger partial charge < -0.3 is 0 Å². The van der Waals surface area contributed by atoms with Crippen LogP contribution in [0.15, 0.2) is 115 Å². The molecule has 3 atom stereocenters. The van der Waals surface area contributed by atoms with Crippen LogP contribution in [0.4, 0.5) is 0 Å². The van der Waals surface area contributed by atoms with Gasteiger partial charge in [-0.15, -0.1) is 0 Å². The Hall–Kier alpha value is -2.73. The van der Waals surface area contributed by atoms with Gasteiger partial charge in [0, 0.05) is 32.5 Å².